The fourth-order valence-electron chi connectivity index (χ4n) is 4.15. The number of carbonyl (C=O) groups excluding carboxylic acids is 2. The molecule has 2 atom stereocenters. The molecular formula is C24H27N3O7. The number of aliphatic carboxylic acids is 1. The summed E-state index contributed by atoms with van der Waals surface area (Å²) in [5.74, 6) is -1.41. The van der Waals surface area contributed by atoms with Crippen LogP contribution >= 0.6 is 0 Å². The fourth-order valence-corrected chi connectivity index (χ4v) is 4.15. The molecule has 1 aromatic carbocycles. The van der Waals surface area contributed by atoms with Crippen LogP contribution < -0.4 is 15.6 Å². The smallest absolute Gasteiger partial charge is 0.407 e. The average Bonchev–Trinajstić information content (AvgIpc) is 3.20. The Labute approximate surface area is 195 Å². The fraction of sp³-hybridized carbons (Fsp3) is 0.417. The number of pyridine rings is 1. The molecule has 3 heterocycles. The lowest BCUT2D eigenvalue weighted by molar-refractivity contribution is -0.147. The first-order chi connectivity index (χ1) is 16.1. The third-order valence-corrected chi connectivity index (χ3v) is 5.95. The summed E-state index contributed by atoms with van der Waals surface area (Å²) in [7, 11) is 0. The number of nitrogens with one attached hydrogen (secondary N) is 2. The molecule has 2 aromatic rings. The van der Waals surface area contributed by atoms with Crippen molar-refractivity contribution in [2.75, 3.05) is 19.7 Å². The van der Waals surface area contributed by atoms with E-state index in [0.717, 1.165) is 5.56 Å². The Morgan fingerprint density at radius 3 is 2.76 bits per heavy atom. The van der Waals surface area contributed by atoms with Gasteiger partial charge in [-0.3, -0.25) is 9.59 Å². The highest BCUT2D eigenvalue weighted by molar-refractivity contribution is 5.88. The van der Waals surface area contributed by atoms with Gasteiger partial charge in [0.2, 0.25) is 5.91 Å². The number of aromatic amines is 1. The number of aromatic nitrogens is 1. The van der Waals surface area contributed by atoms with Crippen molar-refractivity contribution in [2.45, 2.75) is 38.8 Å². The quantitative estimate of drug-likeness (QED) is 0.582. The Morgan fingerprint density at radius 2 is 2.00 bits per heavy atom. The minimum atomic E-state index is -1.17. The molecule has 3 N–H and O–H groups in total. The molecule has 34 heavy (non-hydrogen) atoms. The van der Waals surface area contributed by atoms with Crippen molar-refractivity contribution in [1.82, 2.24) is 15.2 Å². The number of fused-ring (bicyclic) bond motifs is 3. The topological polar surface area (TPSA) is 138 Å². The van der Waals surface area contributed by atoms with E-state index in [9.17, 15) is 24.3 Å². The molecule has 0 aliphatic carbocycles. The molecule has 2 unspecified atom stereocenters. The standard InChI is InChI=1S/C24H27N3O7/c1-24(2)7-3-4-14-5-6-17-16(8-14)19(10-20(28)26-17)34-15-9-18(22(30)31)27(12-15)21(29)11-25-23(32)33-13-24/h3-6,8,10,15,18H,7,9,11-13H2,1-2H3,(H,25,32)(H,26,28)(H,30,31). The minimum absolute atomic E-state index is 0.00739. The summed E-state index contributed by atoms with van der Waals surface area (Å²) in [6, 6.07) is 5.75. The molecule has 0 radical (unpaired) electrons. The molecule has 180 valence electrons. The SMILES string of the molecule is CC1(C)CC=Cc2ccc3[nH]c(=O)cc(c3c2)OC2CC(C(=O)O)N(C2)C(=O)CNC(=O)OC1. The molecule has 1 fully saturated rings. The van der Waals surface area contributed by atoms with Gasteiger partial charge in [-0.2, -0.15) is 0 Å². The number of ether oxygens (including phenoxy) is 2. The van der Waals surface area contributed by atoms with Crippen LogP contribution in [0.5, 0.6) is 5.75 Å². The molecule has 2 aliphatic rings. The lowest BCUT2D eigenvalue weighted by atomic mass is 9.90. The van der Waals surface area contributed by atoms with Gasteiger partial charge >= 0.3 is 12.1 Å². The number of rotatable bonds is 1. The number of cyclic esters (lactones) is 1. The number of hydrogen-bond acceptors (Lipinski definition) is 6. The van der Waals surface area contributed by atoms with Gasteiger partial charge in [-0.05, 0) is 24.1 Å². The number of nitrogens with zero attached hydrogens (tertiary/aromatic N) is 1. The van der Waals surface area contributed by atoms with Crippen LogP contribution in [0.15, 0.2) is 35.1 Å². The van der Waals surface area contributed by atoms with E-state index in [4.69, 9.17) is 9.47 Å². The van der Waals surface area contributed by atoms with E-state index in [-0.39, 0.29) is 30.5 Å². The largest absolute Gasteiger partial charge is 0.488 e. The van der Waals surface area contributed by atoms with Gasteiger partial charge in [0.05, 0.1) is 18.7 Å². The number of carbonyl (C=O) groups is 3. The molecule has 10 nitrogen and oxygen atoms in total. The van der Waals surface area contributed by atoms with Crippen LogP contribution in [0.25, 0.3) is 17.0 Å². The molecule has 10 heteroatoms. The van der Waals surface area contributed by atoms with Crippen molar-refractivity contribution < 1.29 is 29.0 Å². The van der Waals surface area contributed by atoms with Crippen molar-refractivity contribution in [3.63, 3.8) is 0 Å². The van der Waals surface area contributed by atoms with E-state index >= 15 is 0 Å². The van der Waals surface area contributed by atoms with E-state index in [1.54, 1.807) is 6.07 Å². The Kier molecular flexibility index (Phi) is 6.32. The van der Waals surface area contributed by atoms with E-state index < -0.39 is 36.7 Å². The van der Waals surface area contributed by atoms with Crippen molar-refractivity contribution in [3.05, 3.63) is 46.3 Å². The Hall–Kier alpha value is -3.82. The first-order valence-corrected chi connectivity index (χ1v) is 11.0. The average molecular weight is 469 g/mol. The molecule has 1 aromatic heterocycles. The number of carboxylic acid groups (broad SMARTS) is 1. The predicted octanol–water partition coefficient (Wildman–Crippen LogP) is 2.13. The maximum Gasteiger partial charge on any atom is 0.407 e. The number of benzene rings is 1. The van der Waals surface area contributed by atoms with Gasteiger partial charge in [0, 0.05) is 23.3 Å². The van der Waals surface area contributed by atoms with Gasteiger partial charge in [0.15, 0.2) is 0 Å². The van der Waals surface area contributed by atoms with Crippen LogP contribution in [-0.4, -0.2) is 64.8 Å². The van der Waals surface area contributed by atoms with Gasteiger partial charge in [-0.15, -0.1) is 0 Å². The van der Waals surface area contributed by atoms with Crippen molar-refractivity contribution >= 4 is 34.9 Å². The van der Waals surface area contributed by atoms with Gasteiger partial charge in [-0.25, -0.2) is 9.59 Å². The summed E-state index contributed by atoms with van der Waals surface area (Å²) in [6.45, 7) is 3.65. The third-order valence-electron chi connectivity index (χ3n) is 5.95. The van der Waals surface area contributed by atoms with Crippen LogP contribution in [0.4, 0.5) is 4.79 Å². The van der Waals surface area contributed by atoms with E-state index in [1.807, 2.05) is 38.1 Å². The van der Waals surface area contributed by atoms with E-state index in [1.165, 1.54) is 11.0 Å². The van der Waals surface area contributed by atoms with Gasteiger partial charge in [0.1, 0.15) is 24.4 Å². The first-order valence-electron chi connectivity index (χ1n) is 11.0. The zero-order valence-corrected chi connectivity index (χ0v) is 19.0. The molecular weight excluding hydrogens is 442 g/mol. The van der Waals surface area contributed by atoms with Crippen LogP contribution in [0.1, 0.15) is 32.3 Å². The summed E-state index contributed by atoms with van der Waals surface area (Å²) >= 11 is 0. The first kappa shape index (κ1) is 23.3. The highest BCUT2D eigenvalue weighted by Gasteiger charge is 2.41. The number of carboxylic acids is 1. The van der Waals surface area contributed by atoms with Gasteiger partial charge in [0.25, 0.3) is 5.56 Å². The van der Waals surface area contributed by atoms with Crippen LogP contribution in [0.3, 0.4) is 0 Å². The summed E-state index contributed by atoms with van der Waals surface area (Å²) < 4.78 is 11.3. The molecule has 4 rings (SSSR count). The number of H-pyrrole nitrogens is 1. The molecule has 4 bridgehead atoms. The Balaban J connectivity index is 1.72. The van der Waals surface area contributed by atoms with Crippen LogP contribution in [0.2, 0.25) is 0 Å². The number of hydrogen-bond donors (Lipinski definition) is 3. The Bertz CT molecular complexity index is 1220. The number of allylic oxidation sites excluding steroid dienone is 1. The zero-order valence-electron chi connectivity index (χ0n) is 19.0. The van der Waals surface area contributed by atoms with Gasteiger partial charge < -0.3 is 29.8 Å². The second-order valence-electron chi connectivity index (χ2n) is 9.38. The zero-order chi connectivity index (χ0) is 24.5. The second-order valence-corrected chi connectivity index (χ2v) is 9.38. The summed E-state index contributed by atoms with van der Waals surface area (Å²) in [4.78, 5) is 52.7. The summed E-state index contributed by atoms with van der Waals surface area (Å²) in [5, 5.41) is 12.7. The van der Waals surface area contributed by atoms with Crippen molar-refractivity contribution in [3.8, 4) is 5.75 Å². The summed E-state index contributed by atoms with van der Waals surface area (Å²) in [6.07, 6.45) is 3.21. The summed E-state index contributed by atoms with van der Waals surface area (Å²) in [5.41, 5.74) is 0.770. The Morgan fingerprint density at radius 1 is 1.21 bits per heavy atom. The van der Waals surface area contributed by atoms with Crippen LogP contribution in [-0.2, 0) is 14.3 Å². The monoisotopic (exact) mass is 469 g/mol. The highest BCUT2D eigenvalue weighted by Crippen LogP contribution is 2.29. The lowest BCUT2D eigenvalue weighted by Crippen LogP contribution is -2.46. The highest BCUT2D eigenvalue weighted by atomic mass is 16.5. The van der Waals surface area contributed by atoms with Crippen molar-refractivity contribution in [1.29, 1.82) is 0 Å². The third kappa shape index (κ3) is 5.22. The molecule has 0 spiro atoms. The van der Waals surface area contributed by atoms with E-state index in [2.05, 4.69) is 10.3 Å². The molecule has 0 saturated carbocycles. The maximum absolute atomic E-state index is 12.7. The molecule has 1 saturated heterocycles. The maximum atomic E-state index is 12.7. The minimum Gasteiger partial charge on any atom is -0.488 e. The normalized spacial score (nSPS) is 23.1. The van der Waals surface area contributed by atoms with E-state index in [0.29, 0.717) is 23.1 Å². The predicted molar refractivity (Wildman–Crippen MR) is 124 cm³/mol. The second kappa shape index (κ2) is 9.20. The lowest BCUT2D eigenvalue weighted by Gasteiger charge is -2.23. The van der Waals surface area contributed by atoms with Crippen molar-refractivity contribution in [2.24, 2.45) is 5.41 Å². The van der Waals surface area contributed by atoms with Crippen LogP contribution in [0, 0.1) is 5.41 Å². The van der Waals surface area contributed by atoms with Gasteiger partial charge in [-0.1, -0.05) is 32.1 Å². The number of alkyl carbamates (subject to hydrolysis) is 1. The molecule has 2 amide bonds. The molecule has 2 aliphatic heterocycles. The number of amides is 2.